The maximum Gasteiger partial charge on any atom is 0.332 e. The third-order valence-corrected chi connectivity index (χ3v) is 5.02. The molecule has 0 aliphatic carbocycles. The number of nitrogens with zero attached hydrogens (tertiary/aromatic N) is 2. The largest absolute Gasteiger partial charge is 0.467 e. The van der Waals surface area contributed by atoms with Crippen molar-refractivity contribution in [1.29, 1.82) is 0 Å². The Kier molecular flexibility index (Phi) is 5.53. The van der Waals surface area contributed by atoms with E-state index in [1.807, 2.05) is 6.92 Å². The maximum absolute atomic E-state index is 13.2. The van der Waals surface area contributed by atoms with Gasteiger partial charge in [-0.25, -0.2) is 14.1 Å². The molecule has 31 heavy (non-hydrogen) atoms. The second-order valence-corrected chi connectivity index (χ2v) is 7.27. The van der Waals surface area contributed by atoms with Crippen LogP contribution in [0.2, 0.25) is 0 Å². The Hall–Kier alpha value is -3.94. The van der Waals surface area contributed by atoms with Gasteiger partial charge in [0.2, 0.25) is 5.91 Å². The third kappa shape index (κ3) is 4.32. The van der Waals surface area contributed by atoms with Crippen molar-refractivity contribution in [3.05, 3.63) is 84.1 Å². The zero-order valence-electron chi connectivity index (χ0n) is 16.7. The lowest BCUT2D eigenvalue weighted by Crippen LogP contribution is -2.37. The summed E-state index contributed by atoms with van der Waals surface area (Å²) in [6.45, 7) is 1.96. The monoisotopic (exact) mass is 421 g/mol. The molecule has 3 aromatic rings. The highest BCUT2D eigenvalue weighted by Crippen LogP contribution is 2.29. The molecular weight excluding hydrogens is 401 g/mol. The second kappa shape index (κ2) is 8.43. The zero-order valence-corrected chi connectivity index (χ0v) is 16.7. The molecule has 2 heterocycles. The summed E-state index contributed by atoms with van der Waals surface area (Å²) in [4.78, 5) is 41.3. The van der Waals surface area contributed by atoms with Gasteiger partial charge in [-0.1, -0.05) is 17.7 Å². The number of imide groups is 1. The van der Waals surface area contributed by atoms with Crippen LogP contribution in [0.25, 0.3) is 0 Å². The standard InChI is InChI=1S/C23H20FN3O4/c1-15-4-10-18(11-5-15)27-22(29)20(26(23(27)30)14-19-3-2-12-31-19)13-21(28)25-17-8-6-16(24)7-9-17/h2-12,20H,13-14H2,1H3,(H,25,28)/t20-/m0/s1. The number of aryl methyl sites for hydroxylation is 1. The van der Waals surface area contributed by atoms with Crippen LogP contribution < -0.4 is 10.2 Å². The van der Waals surface area contributed by atoms with Crippen LogP contribution in [0.4, 0.5) is 20.6 Å². The molecule has 4 rings (SSSR count). The molecule has 0 unspecified atom stereocenters. The molecule has 4 amide bonds. The van der Waals surface area contributed by atoms with Crippen LogP contribution >= 0.6 is 0 Å². The van der Waals surface area contributed by atoms with Gasteiger partial charge in [0.1, 0.15) is 17.6 Å². The highest BCUT2D eigenvalue weighted by atomic mass is 19.1. The molecule has 1 saturated heterocycles. The maximum atomic E-state index is 13.2. The Balaban J connectivity index is 1.58. The van der Waals surface area contributed by atoms with Gasteiger partial charge in [0, 0.05) is 5.69 Å². The van der Waals surface area contributed by atoms with Gasteiger partial charge in [0.15, 0.2) is 0 Å². The lowest BCUT2D eigenvalue weighted by Gasteiger charge is -2.20. The van der Waals surface area contributed by atoms with Gasteiger partial charge >= 0.3 is 6.03 Å². The molecule has 1 fully saturated rings. The molecule has 0 radical (unpaired) electrons. The lowest BCUT2D eigenvalue weighted by molar-refractivity contribution is -0.124. The summed E-state index contributed by atoms with van der Waals surface area (Å²) < 4.78 is 18.4. The fraction of sp³-hybridized carbons (Fsp3) is 0.174. The summed E-state index contributed by atoms with van der Waals surface area (Å²) in [6, 6.07) is 14.2. The zero-order chi connectivity index (χ0) is 22.0. The number of hydrogen-bond acceptors (Lipinski definition) is 4. The number of carbonyl (C=O) groups is 3. The first kappa shape index (κ1) is 20.3. The molecule has 0 spiro atoms. The van der Waals surface area contributed by atoms with Crippen molar-refractivity contribution in [2.45, 2.75) is 25.9 Å². The van der Waals surface area contributed by atoms with E-state index in [1.165, 1.54) is 35.4 Å². The first-order chi connectivity index (χ1) is 14.9. The van der Waals surface area contributed by atoms with E-state index in [4.69, 9.17) is 4.42 Å². The number of rotatable bonds is 6. The minimum absolute atomic E-state index is 0.0500. The van der Waals surface area contributed by atoms with Crippen molar-refractivity contribution >= 4 is 29.2 Å². The lowest BCUT2D eigenvalue weighted by atomic mass is 10.1. The van der Waals surface area contributed by atoms with Crippen LogP contribution in [-0.2, 0) is 16.1 Å². The van der Waals surface area contributed by atoms with E-state index in [0.717, 1.165) is 10.5 Å². The van der Waals surface area contributed by atoms with E-state index < -0.39 is 29.7 Å². The van der Waals surface area contributed by atoms with Gasteiger partial charge in [0.05, 0.1) is 24.9 Å². The quantitative estimate of drug-likeness (QED) is 0.608. The van der Waals surface area contributed by atoms with Crippen LogP contribution in [0.15, 0.2) is 71.3 Å². The molecule has 7 nitrogen and oxygen atoms in total. The molecule has 8 heteroatoms. The normalized spacial score (nSPS) is 16.1. The molecule has 1 atom stereocenters. The van der Waals surface area contributed by atoms with E-state index in [2.05, 4.69) is 5.32 Å². The van der Waals surface area contributed by atoms with Crippen LogP contribution in [0.1, 0.15) is 17.7 Å². The fourth-order valence-electron chi connectivity index (χ4n) is 3.44. The van der Waals surface area contributed by atoms with E-state index in [-0.39, 0.29) is 13.0 Å². The van der Waals surface area contributed by atoms with Crippen LogP contribution in [0, 0.1) is 12.7 Å². The highest BCUT2D eigenvalue weighted by Gasteiger charge is 2.46. The number of nitrogens with one attached hydrogen (secondary N) is 1. The molecule has 1 N–H and O–H groups in total. The first-order valence-corrected chi connectivity index (χ1v) is 9.71. The molecule has 0 saturated carbocycles. The summed E-state index contributed by atoms with van der Waals surface area (Å²) >= 11 is 0. The molecule has 158 valence electrons. The molecule has 1 aromatic heterocycles. The predicted octanol–water partition coefficient (Wildman–Crippen LogP) is 4.09. The SMILES string of the molecule is Cc1ccc(N2C(=O)[C@H](CC(=O)Nc3ccc(F)cc3)N(Cc3ccco3)C2=O)cc1. The van der Waals surface area contributed by atoms with Gasteiger partial charge < -0.3 is 14.6 Å². The predicted molar refractivity (Wildman–Crippen MR) is 112 cm³/mol. The van der Waals surface area contributed by atoms with Crippen molar-refractivity contribution in [2.24, 2.45) is 0 Å². The minimum Gasteiger partial charge on any atom is -0.467 e. The average molecular weight is 421 g/mol. The molecular formula is C23H20FN3O4. The highest BCUT2D eigenvalue weighted by molar-refractivity contribution is 6.22. The minimum atomic E-state index is -1.00. The van der Waals surface area contributed by atoms with Gasteiger partial charge in [-0.3, -0.25) is 9.59 Å². The van der Waals surface area contributed by atoms with Crippen molar-refractivity contribution in [3.63, 3.8) is 0 Å². The van der Waals surface area contributed by atoms with Crippen molar-refractivity contribution < 1.29 is 23.2 Å². The van der Waals surface area contributed by atoms with E-state index >= 15 is 0 Å². The van der Waals surface area contributed by atoms with Gasteiger partial charge in [-0.05, 0) is 55.5 Å². The van der Waals surface area contributed by atoms with E-state index in [9.17, 15) is 18.8 Å². The number of halogens is 1. The van der Waals surface area contributed by atoms with Gasteiger partial charge in [-0.15, -0.1) is 0 Å². The number of carbonyl (C=O) groups excluding carboxylic acids is 3. The van der Waals surface area contributed by atoms with E-state index in [0.29, 0.717) is 17.1 Å². The van der Waals surface area contributed by atoms with Crippen LogP contribution in [0.3, 0.4) is 0 Å². The molecule has 1 aliphatic rings. The number of amides is 4. The van der Waals surface area contributed by atoms with E-state index in [1.54, 1.807) is 36.4 Å². The summed E-state index contributed by atoms with van der Waals surface area (Å²) in [7, 11) is 0. The van der Waals surface area contributed by atoms with Crippen molar-refractivity contribution in [1.82, 2.24) is 4.90 Å². The number of furan rings is 1. The van der Waals surface area contributed by atoms with Crippen LogP contribution in [-0.4, -0.2) is 28.8 Å². The third-order valence-electron chi connectivity index (χ3n) is 5.02. The summed E-state index contributed by atoms with van der Waals surface area (Å²) in [5.74, 6) is -0.883. The Morgan fingerprint density at radius 1 is 1.06 bits per heavy atom. The summed E-state index contributed by atoms with van der Waals surface area (Å²) in [5, 5.41) is 2.64. The Morgan fingerprint density at radius 2 is 1.77 bits per heavy atom. The number of hydrogen-bond donors (Lipinski definition) is 1. The van der Waals surface area contributed by atoms with Gasteiger partial charge in [0.25, 0.3) is 5.91 Å². The van der Waals surface area contributed by atoms with Crippen molar-refractivity contribution in [3.8, 4) is 0 Å². The topological polar surface area (TPSA) is 82.9 Å². The Morgan fingerprint density at radius 3 is 2.42 bits per heavy atom. The average Bonchev–Trinajstić information content (AvgIpc) is 3.33. The number of urea groups is 1. The molecule has 1 aliphatic heterocycles. The number of anilines is 2. The second-order valence-electron chi connectivity index (χ2n) is 7.27. The first-order valence-electron chi connectivity index (χ1n) is 9.71. The van der Waals surface area contributed by atoms with Gasteiger partial charge in [-0.2, -0.15) is 0 Å². The molecule has 0 bridgehead atoms. The Labute approximate surface area is 178 Å². The fourth-order valence-corrected chi connectivity index (χ4v) is 3.44. The Bertz CT molecular complexity index is 1090. The molecule has 2 aromatic carbocycles. The number of benzene rings is 2. The smallest absolute Gasteiger partial charge is 0.332 e. The van der Waals surface area contributed by atoms with Crippen LogP contribution in [0.5, 0.6) is 0 Å². The van der Waals surface area contributed by atoms with Crippen molar-refractivity contribution in [2.75, 3.05) is 10.2 Å². The summed E-state index contributed by atoms with van der Waals surface area (Å²) in [5.41, 5.74) is 1.83. The summed E-state index contributed by atoms with van der Waals surface area (Å²) in [6.07, 6.45) is 1.23.